The third kappa shape index (κ3) is 2.94. The van der Waals surface area contributed by atoms with Crippen molar-refractivity contribution in [3.63, 3.8) is 0 Å². The van der Waals surface area contributed by atoms with Gasteiger partial charge in [-0.1, -0.05) is 5.21 Å². The average Bonchev–Trinajstić information content (AvgIpc) is 3.18. The molecule has 0 aromatic carbocycles. The number of nitrogens with one attached hydrogen (secondary N) is 1. The number of aromatic nitrogens is 4. The molecule has 0 atom stereocenters. The number of piperidine rings is 1. The minimum Gasteiger partial charge on any atom is -0.356 e. The lowest BCUT2D eigenvalue weighted by Gasteiger charge is -2.31. The topological polar surface area (TPSA) is 90.6 Å². The first-order valence-electron chi connectivity index (χ1n) is 6.98. The summed E-state index contributed by atoms with van der Waals surface area (Å²) >= 11 is 0. The average molecular weight is 284 g/mol. The fourth-order valence-corrected chi connectivity index (χ4v) is 2.67. The van der Waals surface area contributed by atoms with Crippen molar-refractivity contribution >= 4 is 5.91 Å². The summed E-state index contributed by atoms with van der Waals surface area (Å²) < 4.78 is 1.84. The van der Waals surface area contributed by atoms with E-state index in [0.717, 1.165) is 32.5 Å². The SMILES string of the molecule is N#Cc1c[nH]c(C(=O)N2CCC(Cn3ccnn3)CC2)c1. The third-order valence-corrected chi connectivity index (χ3v) is 3.86. The van der Waals surface area contributed by atoms with Crippen LogP contribution in [-0.2, 0) is 6.54 Å². The Balaban J connectivity index is 1.55. The van der Waals surface area contributed by atoms with Gasteiger partial charge in [0, 0.05) is 32.0 Å². The smallest absolute Gasteiger partial charge is 0.270 e. The van der Waals surface area contributed by atoms with Gasteiger partial charge in [-0.05, 0) is 24.8 Å². The van der Waals surface area contributed by atoms with Crippen molar-refractivity contribution in [2.24, 2.45) is 5.92 Å². The van der Waals surface area contributed by atoms with E-state index >= 15 is 0 Å². The molecule has 1 aliphatic rings. The van der Waals surface area contributed by atoms with Crippen LogP contribution in [0.25, 0.3) is 0 Å². The van der Waals surface area contributed by atoms with E-state index < -0.39 is 0 Å². The van der Waals surface area contributed by atoms with Gasteiger partial charge in [-0.25, -0.2) is 0 Å². The van der Waals surface area contributed by atoms with Gasteiger partial charge < -0.3 is 9.88 Å². The van der Waals surface area contributed by atoms with Crippen LogP contribution in [0, 0.1) is 17.2 Å². The molecule has 7 heteroatoms. The van der Waals surface area contributed by atoms with Crippen LogP contribution in [0.2, 0.25) is 0 Å². The summed E-state index contributed by atoms with van der Waals surface area (Å²) in [7, 11) is 0. The Hall–Kier alpha value is -2.62. The van der Waals surface area contributed by atoms with Gasteiger partial charge in [-0.3, -0.25) is 9.48 Å². The van der Waals surface area contributed by atoms with Crippen LogP contribution in [0.3, 0.4) is 0 Å². The van der Waals surface area contributed by atoms with Crippen LogP contribution >= 0.6 is 0 Å². The summed E-state index contributed by atoms with van der Waals surface area (Å²) in [6, 6.07) is 3.62. The highest BCUT2D eigenvalue weighted by atomic mass is 16.2. The zero-order chi connectivity index (χ0) is 14.7. The molecule has 2 aromatic rings. The number of aromatic amines is 1. The first-order chi connectivity index (χ1) is 10.3. The second kappa shape index (κ2) is 5.79. The number of rotatable bonds is 3. The molecule has 0 aliphatic carbocycles. The molecule has 0 spiro atoms. The van der Waals surface area contributed by atoms with Gasteiger partial charge in [0.15, 0.2) is 0 Å². The third-order valence-electron chi connectivity index (χ3n) is 3.86. The quantitative estimate of drug-likeness (QED) is 0.911. The lowest BCUT2D eigenvalue weighted by Crippen LogP contribution is -2.39. The highest BCUT2D eigenvalue weighted by molar-refractivity contribution is 5.92. The number of carbonyl (C=O) groups is 1. The Bertz CT molecular complexity index is 645. The molecule has 1 aliphatic heterocycles. The molecule has 3 heterocycles. The summed E-state index contributed by atoms with van der Waals surface area (Å²) in [5, 5.41) is 16.6. The van der Waals surface area contributed by atoms with Crippen LogP contribution in [0.15, 0.2) is 24.7 Å². The monoisotopic (exact) mass is 284 g/mol. The first kappa shape index (κ1) is 13.4. The van der Waals surface area contributed by atoms with Crippen LogP contribution in [0.4, 0.5) is 0 Å². The molecule has 108 valence electrons. The van der Waals surface area contributed by atoms with Crippen molar-refractivity contribution < 1.29 is 4.79 Å². The van der Waals surface area contributed by atoms with Gasteiger partial charge in [-0.2, -0.15) is 5.26 Å². The van der Waals surface area contributed by atoms with Crippen molar-refractivity contribution in [2.45, 2.75) is 19.4 Å². The van der Waals surface area contributed by atoms with Gasteiger partial charge in [0.05, 0.1) is 11.8 Å². The predicted molar refractivity (Wildman–Crippen MR) is 74.2 cm³/mol. The highest BCUT2D eigenvalue weighted by Crippen LogP contribution is 2.20. The largest absolute Gasteiger partial charge is 0.356 e. The summed E-state index contributed by atoms with van der Waals surface area (Å²) in [5.41, 5.74) is 0.973. The van der Waals surface area contributed by atoms with Gasteiger partial charge in [0.25, 0.3) is 5.91 Å². The summed E-state index contributed by atoms with van der Waals surface area (Å²) in [6.07, 6.45) is 7.01. The minimum atomic E-state index is -0.0318. The molecule has 1 amide bonds. The van der Waals surface area contributed by atoms with E-state index in [1.54, 1.807) is 18.5 Å². The second-order valence-corrected chi connectivity index (χ2v) is 5.27. The van der Waals surface area contributed by atoms with Crippen molar-refractivity contribution in [3.05, 3.63) is 35.9 Å². The van der Waals surface area contributed by atoms with Gasteiger partial charge in [0.2, 0.25) is 0 Å². The lowest BCUT2D eigenvalue weighted by atomic mass is 9.96. The second-order valence-electron chi connectivity index (χ2n) is 5.27. The van der Waals surface area contributed by atoms with Crippen molar-refractivity contribution in [1.82, 2.24) is 24.9 Å². The summed E-state index contributed by atoms with van der Waals surface area (Å²) in [4.78, 5) is 17.0. The Morgan fingerprint density at radius 1 is 1.48 bits per heavy atom. The first-order valence-corrected chi connectivity index (χ1v) is 6.98. The molecule has 0 saturated carbocycles. The number of likely N-dealkylation sites (tertiary alicyclic amines) is 1. The number of nitriles is 1. The number of carbonyl (C=O) groups excluding carboxylic acids is 1. The zero-order valence-corrected chi connectivity index (χ0v) is 11.6. The highest BCUT2D eigenvalue weighted by Gasteiger charge is 2.24. The Labute approximate surface area is 122 Å². The molecule has 2 aromatic heterocycles. The van der Waals surface area contributed by atoms with Gasteiger partial charge >= 0.3 is 0 Å². The Kier molecular flexibility index (Phi) is 3.69. The number of H-pyrrole nitrogens is 1. The normalized spacial score (nSPS) is 15.9. The van der Waals surface area contributed by atoms with Crippen molar-refractivity contribution in [3.8, 4) is 6.07 Å². The van der Waals surface area contributed by atoms with Crippen LogP contribution in [0.5, 0.6) is 0 Å². The molecule has 1 fully saturated rings. The number of hydrogen-bond donors (Lipinski definition) is 1. The maximum Gasteiger partial charge on any atom is 0.270 e. The van der Waals surface area contributed by atoms with E-state index in [9.17, 15) is 4.79 Å². The number of nitrogens with zero attached hydrogens (tertiary/aromatic N) is 5. The number of amides is 1. The van der Waals surface area contributed by atoms with Gasteiger partial charge in [0.1, 0.15) is 11.8 Å². The standard InChI is InChI=1S/C14H16N6O/c15-8-12-7-13(16-9-12)14(21)19-4-1-11(2-5-19)10-20-6-3-17-18-20/h3,6-7,9,11,16H,1-2,4-5,10H2. The Morgan fingerprint density at radius 3 is 2.90 bits per heavy atom. The van der Waals surface area contributed by atoms with Crippen LogP contribution in [0.1, 0.15) is 28.9 Å². The van der Waals surface area contributed by atoms with Crippen molar-refractivity contribution in [2.75, 3.05) is 13.1 Å². The zero-order valence-electron chi connectivity index (χ0n) is 11.6. The molecule has 21 heavy (non-hydrogen) atoms. The van der Waals surface area contributed by atoms with E-state index in [1.807, 2.05) is 21.8 Å². The molecule has 3 rings (SSSR count). The molecular weight excluding hydrogens is 268 g/mol. The molecular formula is C14H16N6O. The summed E-state index contributed by atoms with van der Waals surface area (Å²) in [6.45, 7) is 2.32. The van der Waals surface area contributed by atoms with E-state index in [2.05, 4.69) is 15.3 Å². The van der Waals surface area contributed by atoms with E-state index in [4.69, 9.17) is 5.26 Å². The minimum absolute atomic E-state index is 0.0318. The van der Waals surface area contributed by atoms with E-state index in [1.165, 1.54) is 0 Å². The van der Waals surface area contributed by atoms with E-state index in [-0.39, 0.29) is 5.91 Å². The Morgan fingerprint density at radius 2 is 2.29 bits per heavy atom. The molecule has 0 bridgehead atoms. The van der Waals surface area contributed by atoms with Crippen LogP contribution < -0.4 is 0 Å². The maximum absolute atomic E-state index is 12.3. The molecule has 7 nitrogen and oxygen atoms in total. The molecule has 0 unspecified atom stereocenters. The van der Waals surface area contributed by atoms with Crippen LogP contribution in [-0.4, -0.2) is 43.9 Å². The van der Waals surface area contributed by atoms with Gasteiger partial charge in [-0.15, -0.1) is 5.10 Å². The fraction of sp³-hybridized carbons (Fsp3) is 0.429. The van der Waals surface area contributed by atoms with E-state index in [0.29, 0.717) is 17.2 Å². The predicted octanol–water partition coefficient (Wildman–Crippen LogP) is 1.03. The number of hydrogen-bond acceptors (Lipinski definition) is 4. The fourth-order valence-electron chi connectivity index (χ4n) is 2.67. The molecule has 1 N–H and O–H groups in total. The molecule has 1 saturated heterocycles. The molecule has 0 radical (unpaired) electrons. The summed E-state index contributed by atoms with van der Waals surface area (Å²) in [5.74, 6) is 0.491. The maximum atomic E-state index is 12.3. The van der Waals surface area contributed by atoms with Crippen molar-refractivity contribution in [1.29, 1.82) is 5.26 Å². The lowest BCUT2D eigenvalue weighted by molar-refractivity contribution is 0.0675.